The van der Waals surface area contributed by atoms with Crippen molar-refractivity contribution in [2.75, 3.05) is 49.5 Å². The molecule has 6 nitrogen and oxygen atoms in total. The molecule has 3 aliphatic heterocycles. The first-order chi connectivity index (χ1) is 13.7. The lowest BCUT2D eigenvalue weighted by Gasteiger charge is -2.37. The molecule has 0 radical (unpaired) electrons. The van der Waals surface area contributed by atoms with Crippen LogP contribution in [-0.4, -0.2) is 67.0 Å². The summed E-state index contributed by atoms with van der Waals surface area (Å²) in [5.74, 6) is 0.805. The third kappa shape index (κ3) is 3.12. The van der Waals surface area contributed by atoms with Crippen molar-refractivity contribution in [3.8, 4) is 0 Å². The minimum Gasteiger partial charge on any atom is -0.368 e. The highest BCUT2D eigenvalue weighted by molar-refractivity contribution is 6.33. The monoisotopic (exact) mass is 395 g/mol. The molecule has 28 heavy (non-hydrogen) atoms. The number of rotatable bonds is 3. The maximum atomic E-state index is 12.4. The number of nitrogens with one attached hydrogen (secondary N) is 1. The molecule has 1 saturated heterocycles. The average Bonchev–Trinajstić information content (AvgIpc) is 3.14. The normalized spacial score (nSPS) is 21.8. The van der Waals surface area contributed by atoms with Crippen molar-refractivity contribution in [3.63, 3.8) is 0 Å². The highest BCUT2D eigenvalue weighted by Gasteiger charge is 2.36. The number of anilines is 2. The molecule has 0 aliphatic carbocycles. The van der Waals surface area contributed by atoms with Crippen LogP contribution in [-0.2, 0) is 0 Å². The third-order valence-electron chi connectivity index (χ3n) is 5.64. The van der Waals surface area contributed by atoms with Crippen LogP contribution in [0.3, 0.4) is 0 Å². The van der Waals surface area contributed by atoms with Crippen molar-refractivity contribution in [2.24, 2.45) is 4.99 Å². The molecular weight excluding hydrogens is 374 g/mol. The van der Waals surface area contributed by atoms with Crippen LogP contribution in [0.15, 0.2) is 53.5 Å². The number of fused-ring (bicyclic) bond motifs is 3. The second-order valence-electron chi connectivity index (χ2n) is 7.43. The van der Waals surface area contributed by atoms with Gasteiger partial charge in [-0.2, -0.15) is 0 Å². The minimum atomic E-state index is -0.0801. The summed E-state index contributed by atoms with van der Waals surface area (Å²) >= 11 is 6.34. The van der Waals surface area contributed by atoms with Crippen molar-refractivity contribution in [2.45, 2.75) is 6.04 Å². The van der Waals surface area contributed by atoms with Crippen LogP contribution >= 0.6 is 11.6 Å². The molecule has 1 atom stereocenters. The fourth-order valence-corrected chi connectivity index (χ4v) is 4.48. The number of piperazine rings is 1. The van der Waals surface area contributed by atoms with E-state index in [0.717, 1.165) is 60.5 Å². The van der Waals surface area contributed by atoms with Gasteiger partial charge in [-0.3, -0.25) is 14.8 Å². The van der Waals surface area contributed by atoms with Crippen molar-refractivity contribution >= 4 is 34.8 Å². The van der Waals surface area contributed by atoms with E-state index in [-0.39, 0.29) is 12.1 Å². The van der Waals surface area contributed by atoms with Crippen LogP contribution in [0.5, 0.6) is 0 Å². The number of nitrogens with zero attached hydrogens (tertiary/aromatic N) is 4. The van der Waals surface area contributed by atoms with Gasteiger partial charge in [-0.15, -0.1) is 0 Å². The van der Waals surface area contributed by atoms with Gasteiger partial charge >= 0.3 is 6.03 Å². The number of amides is 2. The smallest absolute Gasteiger partial charge is 0.327 e. The van der Waals surface area contributed by atoms with Gasteiger partial charge in [-0.05, 0) is 24.3 Å². The number of para-hydroxylation sites is 2. The Morgan fingerprint density at radius 3 is 2.61 bits per heavy atom. The lowest BCUT2D eigenvalue weighted by Crippen LogP contribution is -2.49. The van der Waals surface area contributed by atoms with Crippen LogP contribution in [0.4, 0.5) is 16.2 Å². The molecule has 3 heterocycles. The lowest BCUT2D eigenvalue weighted by atomic mass is 10.1. The maximum absolute atomic E-state index is 12.4. The number of halogens is 1. The van der Waals surface area contributed by atoms with Crippen LogP contribution in [0.2, 0.25) is 5.02 Å². The molecule has 5 rings (SSSR count). The molecule has 0 aromatic heterocycles. The molecule has 3 aliphatic rings. The Kier molecular flexibility index (Phi) is 4.45. The van der Waals surface area contributed by atoms with Gasteiger partial charge in [0.05, 0.1) is 29.0 Å². The van der Waals surface area contributed by atoms with Crippen molar-refractivity contribution < 1.29 is 4.79 Å². The molecule has 1 fully saturated rings. The molecule has 144 valence electrons. The summed E-state index contributed by atoms with van der Waals surface area (Å²) in [6, 6.07) is 15.9. The number of hydrogen-bond acceptors (Lipinski definition) is 4. The predicted octanol–water partition coefficient (Wildman–Crippen LogP) is 3.14. The Bertz CT molecular complexity index is 938. The zero-order valence-corrected chi connectivity index (χ0v) is 16.3. The van der Waals surface area contributed by atoms with Gasteiger partial charge in [0.1, 0.15) is 5.84 Å². The standard InChI is InChI=1S/C21H22ClN5O/c22-17-6-2-4-8-19(17)26-11-9-25(10-12-26)13-15-14-27-20(23-15)16-5-1-3-7-18(16)24-21(27)28/h1-8,15H,9-14H2,(H,24,28). The third-order valence-corrected chi connectivity index (χ3v) is 5.96. The summed E-state index contributed by atoms with van der Waals surface area (Å²) in [5.41, 5.74) is 2.96. The first-order valence-electron chi connectivity index (χ1n) is 9.66. The summed E-state index contributed by atoms with van der Waals surface area (Å²) in [6.07, 6.45) is 0. The first kappa shape index (κ1) is 17.5. The van der Waals surface area contributed by atoms with E-state index in [1.807, 2.05) is 42.5 Å². The van der Waals surface area contributed by atoms with Gasteiger partial charge in [0.25, 0.3) is 0 Å². The molecular formula is C21H22ClN5O. The van der Waals surface area contributed by atoms with E-state index in [2.05, 4.69) is 21.2 Å². The van der Waals surface area contributed by atoms with Gasteiger partial charge < -0.3 is 10.2 Å². The highest BCUT2D eigenvalue weighted by atomic mass is 35.5. The highest BCUT2D eigenvalue weighted by Crippen LogP contribution is 2.29. The number of amidine groups is 1. The lowest BCUT2D eigenvalue weighted by molar-refractivity contribution is 0.223. The number of urea groups is 1. The number of aliphatic imine (C=N–C) groups is 1. The average molecular weight is 396 g/mol. The Morgan fingerprint density at radius 1 is 1.04 bits per heavy atom. The van der Waals surface area contributed by atoms with Gasteiger partial charge in [0.15, 0.2) is 0 Å². The van der Waals surface area contributed by atoms with Gasteiger partial charge in [-0.25, -0.2) is 4.79 Å². The molecule has 1 unspecified atom stereocenters. The Morgan fingerprint density at radius 2 is 1.79 bits per heavy atom. The van der Waals surface area contributed by atoms with Gasteiger partial charge in [0, 0.05) is 38.3 Å². The molecule has 0 spiro atoms. The Hall–Kier alpha value is -2.57. The van der Waals surface area contributed by atoms with Crippen LogP contribution in [0.25, 0.3) is 0 Å². The topological polar surface area (TPSA) is 51.2 Å². The summed E-state index contributed by atoms with van der Waals surface area (Å²) in [7, 11) is 0. The number of carbonyl (C=O) groups is 1. The summed E-state index contributed by atoms with van der Waals surface area (Å²) < 4.78 is 0. The Balaban J connectivity index is 1.25. The van der Waals surface area contributed by atoms with E-state index in [4.69, 9.17) is 16.6 Å². The van der Waals surface area contributed by atoms with Crippen LogP contribution < -0.4 is 10.2 Å². The van der Waals surface area contributed by atoms with Gasteiger partial charge in [-0.1, -0.05) is 35.9 Å². The Labute approximate surface area is 169 Å². The molecule has 2 amide bonds. The largest absolute Gasteiger partial charge is 0.368 e. The molecule has 1 N–H and O–H groups in total. The number of hydrogen-bond donors (Lipinski definition) is 1. The van der Waals surface area contributed by atoms with E-state index < -0.39 is 0 Å². The van der Waals surface area contributed by atoms with E-state index in [0.29, 0.717) is 6.54 Å². The zero-order chi connectivity index (χ0) is 19.1. The van der Waals surface area contributed by atoms with Crippen molar-refractivity contribution in [3.05, 3.63) is 59.1 Å². The number of benzene rings is 2. The second-order valence-corrected chi connectivity index (χ2v) is 7.84. The van der Waals surface area contributed by atoms with Gasteiger partial charge in [0.2, 0.25) is 0 Å². The fraction of sp³-hybridized carbons (Fsp3) is 0.333. The van der Waals surface area contributed by atoms with Crippen molar-refractivity contribution in [1.82, 2.24) is 9.80 Å². The molecule has 0 saturated carbocycles. The SMILES string of the molecule is O=C1Nc2ccccc2C2=NC(CN3CCN(c4ccccc4Cl)CC3)CN12. The van der Waals surface area contributed by atoms with E-state index in [1.165, 1.54) is 0 Å². The molecule has 2 aromatic carbocycles. The van der Waals surface area contributed by atoms with E-state index in [1.54, 1.807) is 4.90 Å². The quantitative estimate of drug-likeness (QED) is 0.868. The summed E-state index contributed by atoms with van der Waals surface area (Å²) in [6.45, 7) is 5.33. The van der Waals surface area contributed by atoms with E-state index in [9.17, 15) is 4.79 Å². The summed E-state index contributed by atoms with van der Waals surface area (Å²) in [5, 5.41) is 3.76. The first-order valence-corrected chi connectivity index (χ1v) is 10.0. The fourth-order valence-electron chi connectivity index (χ4n) is 4.22. The summed E-state index contributed by atoms with van der Waals surface area (Å²) in [4.78, 5) is 23.8. The van der Waals surface area contributed by atoms with Crippen molar-refractivity contribution in [1.29, 1.82) is 0 Å². The number of carbonyl (C=O) groups excluding carboxylic acids is 1. The zero-order valence-electron chi connectivity index (χ0n) is 15.5. The second kappa shape index (κ2) is 7.11. The molecule has 2 aromatic rings. The van der Waals surface area contributed by atoms with Crippen LogP contribution in [0, 0.1) is 0 Å². The van der Waals surface area contributed by atoms with E-state index >= 15 is 0 Å². The molecule has 0 bridgehead atoms. The minimum absolute atomic E-state index is 0.0801. The maximum Gasteiger partial charge on any atom is 0.327 e. The predicted molar refractivity (Wildman–Crippen MR) is 113 cm³/mol. The van der Waals surface area contributed by atoms with Crippen LogP contribution in [0.1, 0.15) is 5.56 Å². The molecule has 7 heteroatoms.